The van der Waals surface area contributed by atoms with Crippen LogP contribution < -0.4 is 5.73 Å². The van der Waals surface area contributed by atoms with E-state index in [2.05, 4.69) is 4.98 Å². The summed E-state index contributed by atoms with van der Waals surface area (Å²) in [6.07, 6.45) is 0. The average molecular weight is 228 g/mol. The predicted octanol–water partition coefficient (Wildman–Crippen LogP) is 1.48. The van der Waals surface area contributed by atoms with Crippen molar-refractivity contribution in [3.05, 3.63) is 29.3 Å². The minimum Gasteiger partial charge on any atom is -0.310 e. The quantitative estimate of drug-likeness (QED) is 0.763. The van der Waals surface area contributed by atoms with Crippen LogP contribution in [0.5, 0.6) is 0 Å². The third kappa shape index (κ3) is 1.69. The molecule has 0 saturated heterocycles. The fraction of sp³-hybridized carbons (Fsp3) is 0.125. The summed E-state index contributed by atoms with van der Waals surface area (Å²) in [4.78, 5) is 4.17. The number of hydrogen-bond donors (Lipinski definition) is 2. The third-order valence-corrected chi connectivity index (χ3v) is 3.70. The summed E-state index contributed by atoms with van der Waals surface area (Å²) in [5.41, 5.74) is 6.31. The van der Waals surface area contributed by atoms with E-state index in [4.69, 9.17) is 10.3 Å². The van der Waals surface area contributed by atoms with Crippen molar-refractivity contribution in [1.82, 2.24) is 4.98 Å². The summed E-state index contributed by atoms with van der Waals surface area (Å²) in [7, 11) is 0. The zero-order valence-electron chi connectivity index (χ0n) is 7.08. The van der Waals surface area contributed by atoms with Crippen LogP contribution >= 0.6 is 11.3 Å². The zero-order chi connectivity index (χ0) is 10.1. The van der Waals surface area contributed by atoms with Gasteiger partial charge in [-0.3, -0.25) is 0 Å². The lowest BCUT2D eigenvalue weighted by atomic mass is 10.3. The monoisotopic (exact) mass is 228 g/mol. The van der Waals surface area contributed by atoms with E-state index in [9.17, 15) is 4.21 Å². The van der Waals surface area contributed by atoms with Crippen molar-refractivity contribution in [2.75, 3.05) is 0 Å². The Morgan fingerprint density at radius 1 is 1.50 bits per heavy atom. The van der Waals surface area contributed by atoms with Gasteiger partial charge in [0, 0.05) is 0 Å². The van der Waals surface area contributed by atoms with E-state index in [1.165, 1.54) is 11.3 Å². The molecular weight excluding hydrogens is 220 g/mol. The Morgan fingerprint density at radius 2 is 2.21 bits per heavy atom. The molecule has 14 heavy (non-hydrogen) atoms. The fourth-order valence-corrected chi connectivity index (χ4v) is 2.56. The minimum atomic E-state index is -2.06. The number of nitrogens with two attached hydrogens (primary N) is 1. The van der Waals surface area contributed by atoms with Gasteiger partial charge in [0.25, 0.3) is 0 Å². The molecule has 0 aliphatic rings. The number of rotatable bonds is 2. The summed E-state index contributed by atoms with van der Waals surface area (Å²) in [5.74, 6) is 0. The molecule has 1 aromatic carbocycles. The van der Waals surface area contributed by atoms with Crippen LogP contribution in [0.3, 0.4) is 0 Å². The summed E-state index contributed by atoms with van der Waals surface area (Å²) in [6, 6.07) is 7.52. The molecule has 0 radical (unpaired) electrons. The lowest BCUT2D eigenvalue weighted by Crippen LogP contribution is -2.15. The van der Waals surface area contributed by atoms with Crippen LogP contribution in [0.2, 0.25) is 0 Å². The van der Waals surface area contributed by atoms with E-state index < -0.39 is 16.5 Å². The standard InChI is InChI=1S/C8H8N2O2S2/c9-7(14(11)12)8-10-5-3-1-2-4-6(5)13-8/h1-4,7H,9H2,(H,11,12). The summed E-state index contributed by atoms with van der Waals surface area (Å²) >= 11 is -0.718. The molecule has 0 aliphatic carbocycles. The molecule has 3 N–H and O–H groups in total. The number of benzene rings is 1. The predicted molar refractivity (Wildman–Crippen MR) is 57.3 cm³/mol. The molecule has 2 rings (SSSR count). The first-order chi connectivity index (χ1) is 6.68. The lowest BCUT2D eigenvalue weighted by molar-refractivity contribution is 0.551. The van der Waals surface area contributed by atoms with Crippen LogP contribution in [-0.2, 0) is 11.1 Å². The largest absolute Gasteiger partial charge is 0.310 e. The normalized spacial score (nSPS) is 15.6. The van der Waals surface area contributed by atoms with E-state index in [0.717, 1.165) is 10.2 Å². The van der Waals surface area contributed by atoms with Crippen molar-refractivity contribution >= 4 is 32.6 Å². The van der Waals surface area contributed by atoms with Gasteiger partial charge in [-0.05, 0) is 12.1 Å². The van der Waals surface area contributed by atoms with Gasteiger partial charge in [0.1, 0.15) is 5.01 Å². The highest BCUT2D eigenvalue weighted by molar-refractivity contribution is 7.79. The topological polar surface area (TPSA) is 76.2 Å². The van der Waals surface area contributed by atoms with Crippen LogP contribution in [-0.4, -0.2) is 13.7 Å². The van der Waals surface area contributed by atoms with Gasteiger partial charge in [-0.2, -0.15) is 0 Å². The highest BCUT2D eigenvalue weighted by Gasteiger charge is 2.16. The van der Waals surface area contributed by atoms with Crippen molar-refractivity contribution in [2.45, 2.75) is 5.37 Å². The first-order valence-corrected chi connectivity index (χ1v) is 5.88. The van der Waals surface area contributed by atoms with Crippen molar-refractivity contribution in [1.29, 1.82) is 0 Å². The van der Waals surface area contributed by atoms with Gasteiger partial charge in [-0.1, -0.05) is 12.1 Å². The van der Waals surface area contributed by atoms with Crippen LogP contribution in [0, 0.1) is 0 Å². The van der Waals surface area contributed by atoms with E-state index in [-0.39, 0.29) is 0 Å². The molecule has 2 unspecified atom stereocenters. The Morgan fingerprint density at radius 3 is 2.86 bits per heavy atom. The zero-order valence-corrected chi connectivity index (χ0v) is 8.72. The molecule has 1 aromatic heterocycles. The van der Waals surface area contributed by atoms with E-state index >= 15 is 0 Å². The highest BCUT2D eigenvalue weighted by Crippen LogP contribution is 2.25. The molecule has 1 heterocycles. The molecule has 0 bridgehead atoms. The lowest BCUT2D eigenvalue weighted by Gasteiger charge is -1.99. The van der Waals surface area contributed by atoms with E-state index in [1.807, 2.05) is 24.3 Å². The number of nitrogens with zero attached hydrogens (tertiary/aromatic N) is 1. The molecular formula is C8H8N2O2S2. The minimum absolute atomic E-state index is 0.493. The second-order valence-electron chi connectivity index (χ2n) is 2.72. The van der Waals surface area contributed by atoms with Gasteiger partial charge in [-0.15, -0.1) is 11.3 Å². The summed E-state index contributed by atoms with van der Waals surface area (Å²) in [6.45, 7) is 0. The average Bonchev–Trinajstić information content (AvgIpc) is 2.59. The van der Waals surface area contributed by atoms with Gasteiger partial charge >= 0.3 is 0 Å². The Balaban J connectivity index is 2.50. The maximum atomic E-state index is 10.7. The number of para-hydroxylation sites is 1. The number of fused-ring (bicyclic) bond motifs is 1. The maximum Gasteiger partial charge on any atom is 0.177 e. The SMILES string of the molecule is NC(c1nc2ccccc2s1)S(=O)O. The van der Waals surface area contributed by atoms with Crippen molar-refractivity contribution in [2.24, 2.45) is 5.73 Å². The first kappa shape index (κ1) is 9.72. The maximum absolute atomic E-state index is 10.7. The fourth-order valence-electron chi connectivity index (χ4n) is 1.10. The molecule has 0 amide bonds. The molecule has 74 valence electrons. The molecule has 2 atom stereocenters. The Labute approximate surface area is 87.1 Å². The number of thiazole rings is 1. The third-order valence-electron chi connectivity index (χ3n) is 1.77. The van der Waals surface area contributed by atoms with E-state index in [0.29, 0.717) is 5.01 Å². The van der Waals surface area contributed by atoms with Gasteiger partial charge in [0.15, 0.2) is 16.5 Å². The van der Waals surface area contributed by atoms with Crippen LogP contribution in [0.15, 0.2) is 24.3 Å². The second kappa shape index (κ2) is 3.74. The highest BCUT2D eigenvalue weighted by atomic mass is 32.2. The summed E-state index contributed by atoms with van der Waals surface area (Å²) in [5, 5.41) is -0.417. The van der Waals surface area contributed by atoms with Gasteiger partial charge in [-0.25, -0.2) is 9.19 Å². The Kier molecular flexibility index (Phi) is 2.60. The molecule has 0 aliphatic heterocycles. The van der Waals surface area contributed by atoms with Crippen molar-refractivity contribution in [3.8, 4) is 0 Å². The number of aromatic nitrogens is 1. The molecule has 4 nitrogen and oxygen atoms in total. The number of hydrogen-bond acceptors (Lipinski definition) is 4. The van der Waals surface area contributed by atoms with Gasteiger partial charge < -0.3 is 10.3 Å². The summed E-state index contributed by atoms with van der Waals surface area (Å²) < 4.78 is 20.5. The molecule has 2 aromatic rings. The molecule has 0 fully saturated rings. The Bertz CT molecular complexity index is 450. The van der Waals surface area contributed by atoms with Gasteiger partial charge in [0.05, 0.1) is 10.2 Å². The van der Waals surface area contributed by atoms with Crippen LogP contribution in [0.1, 0.15) is 10.4 Å². The first-order valence-electron chi connectivity index (χ1n) is 3.89. The molecule has 0 spiro atoms. The second-order valence-corrected chi connectivity index (χ2v) is 4.84. The smallest absolute Gasteiger partial charge is 0.177 e. The Hall–Kier alpha value is -0.820. The van der Waals surface area contributed by atoms with Crippen molar-refractivity contribution in [3.63, 3.8) is 0 Å². The van der Waals surface area contributed by atoms with Gasteiger partial charge in [0.2, 0.25) is 0 Å². The van der Waals surface area contributed by atoms with Crippen LogP contribution in [0.25, 0.3) is 10.2 Å². The van der Waals surface area contributed by atoms with E-state index in [1.54, 1.807) is 0 Å². The molecule has 0 saturated carbocycles. The van der Waals surface area contributed by atoms with Crippen molar-refractivity contribution < 1.29 is 8.76 Å². The van der Waals surface area contributed by atoms with Crippen LogP contribution in [0.4, 0.5) is 0 Å². The molecule has 6 heteroatoms.